The second-order valence-electron chi connectivity index (χ2n) is 9.42. The Hall–Kier alpha value is -2.86. The second kappa shape index (κ2) is 10.6. The SMILES string of the molecule is OC(CN(Cc1ccccc1)CC(O)C1CCc2ccccc2O1)C1CCc2ccccc2O1. The third-order valence-electron chi connectivity index (χ3n) is 6.90. The molecule has 0 bridgehead atoms. The first-order valence-corrected chi connectivity index (χ1v) is 12.3. The molecule has 3 aromatic rings. The number of hydrogen-bond acceptors (Lipinski definition) is 5. The number of hydrogen-bond donors (Lipinski definition) is 2. The van der Waals surface area contributed by atoms with Gasteiger partial charge in [-0.1, -0.05) is 66.7 Å². The van der Waals surface area contributed by atoms with Gasteiger partial charge in [0.1, 0.15) is 35.9 Å². The molecule has 178 valence electrons. The maximum Gasteiger partial charge on any atom is 0.126 e. The molecule has 5 nitrogen and oxygen atoms in total. The first-order valence-electron chi connectivity index (χ1n) is 12.3. The summed E-state index contributed by atoms with van der Waals surface area (Å²) in [5.41, 5.74) is 3.53. The zero-order valence-corrected chi connectivity index (χ0v) is 19.4. The van der Waals surface area contributed by atoms with Crippen LogP contribution in [-0.4, -0.2) is 52.6 Å². The highest BCUT2D eigenvalue weighted by molar-refractivity contribution is 5.36. The van der Waals surface area contributed by atoms with Crippen molar-refractivity contribution in [3.63, 3.8) is 0 Å². The smallest absolute Gasteiger partial charge is 0.126 e. The Balaban J connectivity index is 1.26. The molecule has 0 spiro atoms. The van der Waals surface area contributed by atoms with E-state index in [2.05, 4.69) is 29.2 Å². The molecule has 5 heteroatoms. The lowest BCUT2D eigenvalue weighted by Crippen LogP contribution is -2.48. The van der Waals surface area contributed by atoms with Crippen molar-refractivity contribution in [2.45, 2.75) is 56.6 Å². The summed E-state index contributed by atoms with van der Waals surface area (Å²) in [5.74, 6) is 1.73. The normalized spacial score (nSPS) is 21.0. The summed E-state index contributed by atoms with van der Waals surface area (Å²) in [4.78, 5) is 2.12. The van der Waals surface area contributed by atoms with Gasteiger partial charge in [0, 0.05) is 19.6 Å². The lowest BCUT2D eigenvalue weighted by molar-refractivity contribution is -0.0295. The van der Waals surface area contributed by atoms with Crippen LogP contribution in [0.1, 0.15) is 29.5 Å². The molecular weight excluding hydrogens is 426 g/mol. The molecule has 0 saturated carbocycles. The quantitative estimate of drug-likeness (QED) is 0.533. The number of aryl methyl sites for hydroxylation is 2. The summed E-state index contributed by atoms with van der Waals surface area (Å²) < 4.78 is 12.3. The van der Waals surface area contributed by atoms with E-state index < -0.39 is 12.2 Å². The molecule has 0 aromatic heterocycles. The van der Waals surface area contributed by atoms with Gasteiger partial charge < -0.3 is 19.7 Å². The summed E-state index contributed by atoms with van der Waals surface area (Å²) in [6.07, 6.45) is 1.52. The molecule has 5 rings (SSSR count). The standard InChI is InChI=1S/C29H33NO4/c31-24(28-16-14-22-10-4-6-12-26(22)33-28)19-30(18-21-8-2-1-3-9-21)20-25(32)29-17-15-23-11-5-7-13-27(23)34-29/h1-13,24-25,28-29,31-32H,14-20H2. The first-order chi connectivity index (χ1) is 16.7. The molecule has 2 aliphatic heterocycles. The summed E-state index contributed by atoms with van der Waals surface area (Å²) in [7, 11) is 0. The van der Waals surface area contributed by atoms with Crippen LogP contribution in [-0.2, 0) is 19.4 Å². The molecule has 2 N–H and O–H groups in total. The van der Waals surface area contributed by atoms with Gasteiger partial charge in [0.05, 0.1) is 0 Å². The zero-order valence-electron chi connectivity index (χ0n) is 19.4. The number of aliphatic hydroxyl groups excluding tert-OH is 2. The highest BCUT2D eigenvalue weighted by atomic mass is 16.5. The Morgan fingerprint density at radius 1 is 0.676 bits per heavy atom. The number of aliphatic hydroxyl groups is 2. The molecular formula is C29H33NO4. The molecule has 0 aliphatic carbocycles. The van der Waals surface area contributed by atoms with Crippen molar-refractivity contribution in [3.8, 4) is 11.5 Å². The van der Waals surface area contributed by atoms with E-state index >= 15 is 0 Å². The van der Waals surface area contributed by atoms with E-state index in [4.69, 9.17) is 9.47 Å². The molecule has 0 radical (unpaired) electrons. The molecule has 2 heterocycles. The molecule has 3 aromatic carbocycles. The Labute approximate surface area is 201 Å². The molecule has 4 atom stereocenters. The van der Waals surface area contributed by atoms with Crippen LogP contribution in [0.2, 0.25) is 0 Å². The van der Waals surface area contributed by atoms with Crippen molar-refractivity contribution >= 4 is 0 Å². The second-order valence-corrected chi connectivity index (χ2v) is 9.42. The summed E-state index contributed by atoms with van der Waals surface area (Å²) in [6, 6.07) is 26.3. The van der Waals surface area contributed by atoms with E-state index in [0.717, 1.165) is 42.7 Å². The highest BCUT2D eigenvalue weighted by Gasteiger charge is 2.31. The number of fused-ring (bicyclic) bond motifs is 2. The third kappa shape index (κ3) is 5.44. The predicted molar refractivity (Wildman–Crippen MR) is 132 cm³/mol. The van der Waals surface area contributed by atoms with Crippen LogP contribution >= 0.6 is 0 Å². The van der Waals surface area contributed by atoms with Gasteiger partial charge in [-0.3, -0.25) is 4.90 Å². The van der Waals surface area contributed by atoms with E-state index in [1.165, 1.54) is 11.1 Å². The molecule has 4 unspecified atom stereocenters. The number of para-hydroxylation sites is 2. The zero-order chi connectivity index (χ0) is 23.3. The van der Waals surface area contributed by atoms with Gasteiger partial charge in [0.2, 0.25) is 0 Å². The van der Waals surface area contributed by atoms with Crippen LogP contribution in [0.5, 0.6) is 11.5 Å². The fourth-order valence-corrected chi connectivity index (χ4v) is 5.04. The summed E-state index contributed by atoms with van der Waals surface area (Å²) >= 11 is 0. The minimum Gasteiger partial charge on any atom is -0.487 e. The van der Waals surface area contributed by atoms with Crippen LogP contribution in [0.15, 0.2) is 78.9 Å². The van der Waals surface area contributed by atoms with Crippen LogP contribution in [0.25, 0.3) is 0 Å². The molecule has 0 saturated heterocycles. The van der Waals surface area contributed by atoms with Crippen molar-refractivity contribution in [2.75, 3.05) is 13.1 Å². The van der Waals surface area contributed by atoms with Crippen molar-refractivity contribution < 1.29 is 19.7 Å². The van der Waals surface area contributed by atoms with Crippen molar-refractivity contribution in [1.29, 1.82) is 0 Å². The maximum atomic E-state index is 11.1. The Bertz CT molecular complexity index is 1010. The first kappa shape index (κ1) is 22.9. The summed E-state index contributed by atoms with van der Waals surface area (Å²) in [5, 5.41) is 22.2. The van der Waals surface area contributed by atoms with E-state index in [1.807, 2.05) is 54.6 Å². The fourth-order valence-electron chi connectivity index (χ4n) is 5.04. The van der Waals surface area contributed by atoms with Gasteiger partial charge in [-0.2, -0.15) is 0 Å². The highest BCUT2D eigenvalue weighted by Crippen LogP contribution is 2.30. The van der Waals surface area contributed by atoms with Gasteiger partial charge in [-0.15, -0.1) is 0 Å². The van der Waals surface area contributed by atoms with Gasteiger partial charge >= 0.3 is 0 Å². The predicted octanol–water partition coefficient (Wildman–Crippen LogP) is 4.00. The largest absolute Gasteiger partial charge is 0.487 e. The van der Waals surface area contributed by atoms with Crippen molar-refractivity contribution in [1.82, 2.24) is 4.90 Å². The monoisotopic (exact) mass is 459 g/mol. The number of benzene rings is 3. The van der Waals surface area contributed by atoms with E-state index in [0.29, 0.717) is 19.6 Å². The van der Waals surface area contributed by atoms with Gasteiger partial charge in [0.15, 0.2) is 0 Å². The number of nitrogens with zero attached hydrogens (tertiary/aromatic N) is 1. The molecule has 0 fully saturated rings. The van der Waals surface area contributed by atoms with Crippen LogP contribution in [0, 0.1) is 0 Å². The maximum absolute atomic E-state index is 11.1. The van der Waals surface area contributed by atoms with Crippen molar-refractivity contribution in [3.05, 3.63) is 95.6 Å². The lowest BCUT2D eigenvalue weighted by atomic mass is 9.97. The number of rotatable bonds is 8. The van der Waals surface area contributed by atoms with Gasteiger partial charge in [-0.25, -0.2) is 0 Å². The van der Waals surface area contributed by atoms with Gasteiger partial charge in [-0.05, 0) is 54.5 Å². The van der Waals surface area contributed by atoms with Gasteiger partial charge in [0.25, 0.3) is 0 Å². The average molecular weight is 460 g/mol. The van der Waals surface area contributed by atoms with Crippen LogP contribution < -0.4 is 9.47 Å². The fraction of sp³-hybridized carbons (Fsp3) is 0.379. The van der Waals surface area contributed by atoms with Crippen LogP contribution in [0.3, 0.4) is 0 Å². The minimum absolute atomic E-state index is 0.261. The molecule has 34 heavy (non-hydrogen) atoms. The molecule has 2 aliphatic rings. The topological polar surface area (TPSA) is 62.2 Å². The average Bonchev–Trinajstić information content (AvgIpc) is 2.88. The van der Waals surface area contributed by atoms with Crippen molar-refractivity contribution in [2.24, 2.45) is 0 Å². The molecule has 0 amide bonds. The Morgan fingerprint density at radius 3 is 1.68 bits per heavy atom. The van der Waals surface area contributed by atoms with E-state index in [1.54, 1.807) is 0 Å². The van der Waals surface area contributed by atoms with Crippen LogP contribution in [0.4, 0.5) is 0 Å². The van der Waals surface area contributed by atoms with E-state index in [9.17, 15) is 10.2 Å². The van der Waals surface area contributed by atoms with E-state index in [-0.39, 0.29) is 12.2 Å². The third-order valence-corrected chi connectivity index (χ3v) is 6.90. The minimum atomic E-state index is -0.655. The number of ether oxygens (including phenoxy) is 2. The lowest BCUT2D eigenvalue weighted by Gasteiger charge is -2.35. The summed E-state index contributed by atoms with van der Waals surface area (Å²) in [6.45, 7) is 1.48. The Kier molecular flexibility index (Phi) is 7.14. The Morgan fingerprint density at radius 2 is 1.15 bits per heavy atom.